The number of ether oxygens (including phenoxy) is 1. The van der Waals surface area contributed by atoms with E-state index in [0.29, 0.717) is 19.5 Å². The van der Waals surface area contributed by atoms with Crippen LogP contribution >= 0.6 is 0 Å². The van der Waals surface area contributed by atoms with Gasteiger partial charge in [0, 0.05) is 44.4 Å². The Morgan fingerprint density at radius 1 is 1.22 bits per heavy atom. The van der Waals surface area contributed by atoms with Gasteiger partial charge in [0.05, 0.1) is 13.7 Å². The zero-order chi connectivity index (χ0) is 16.7. The van der Waals surface area contributed by atoms with E-state index in [-0.39, 0.29) is 18.4 Å². The molecule has 0 unspecified atom stereocenters. The number of methoxy groups -OCH3 is 1. The van der Waals surface area contributed by atoms with Gasteiger partial charge in [0.1, 0.15) is 5.75 Å². The molecule has 0 spiro atoms. The summed E-state index contributed by atoms with van der Waals surface area (Å²) < 4.78 is 5.25. The molecule has 126 valence electrons. The quantitative estimate of drug-likeness (QED) is 0.857. The van der Waals surface area contributed by atoms with Gasteiger partial charge in [-0.1, -0.05) is 13.0 Å². The monoisotopic (exact) mass is 319 g/mol. The van der Waals surface area contributed by atoms with E-state index in [9.17, 15) is 9.59 Å². The number of amides is 2. The van der Waals surface area contributed by atoms with Crippen LogP contribution in [-0.2, 0) is 9.59 Å². The number of nitrogens with zero attached hydrogens (tertiary/aromatic N) is 2. The van der Waals surface area contributed by atoms with E-state index in [1.54, 1.807) is 7.11 Å². The first-order chi connectivity index (χ1) is 11.1. The molecule has 1 fully saturated rings. The first-order valence-corrected chi connectivity index (χ1v) is 8.07. The maximum absolute atomic E-state index is 12.1. The molecular weight excluding hydrogens is 294 g/mol. The number of rotatable bonds is 6. The zero-order valence-electron chi connectivity index (χ0n) is 13.9. The summed E-state index contributed by atoms with van der Waals surface area (Å²) in [4.78, 5) is 27.6. The predicted molar refractivity (Wildman–Crippen MR) is 89.7 cm³/mol. The molecule has 0 radical (unpaired) electrons. The summed E-state index contributed by atoms with van der Waals surface area (Å²) in [6.07, 6.45) is 1.26. The highest BCUT2D eigenvalue weighted by Crippen LogP contribution is 2.22. The number of carbonyl (C=O) groups is 2. The Hall–Kier alpha value is -2.24. The molecule has 6 heteroatoms. The van der Waals surface area contributed by atoms with E-state index in [2.05, 4.69) is 10.2 Å². The third kappa shape index (κ3) is 4.87. The molecule has 1 aliphatic rings. The summed E-state index contributed by atoms with van der Waals surface area (Å²) in [7, 11) is 1.66. The number of piperazine rings is 1. The van der Waals surface area contributed by atoms with Crippen molar-refractivity contribution in [3.8, 4) is 5.75 Å². The molecule has 0 aromatic heterocycles. The van der Waals surface area contributed by atoms with Gasteiger partial charge in [-0.25, -0.2) is 0 Å². The Morgan fingerprint density at radius 2 is 1.96 bits per heavy atom. The smallest absolute Gasteiger partial charge is 0.242 e. The fraction of sp³-hybridized carbons (Fsp3) is 0.529. The molecule has 1 aromatic rings. The second-order valence-electron chi connectivity index (χ2n) is 5.60. The van der Waals surface area contributed by atoms with E-state index < -0.39 is 0 Å². The molecule has 6 nitrogen and oxygen atoms in total. The Kier molecular flexibility index (Phi) is 6.26. The lowest BCUT2D eigenvalue weighted by molar-refractivity contribution is -0.133. The molecule has 1 aromatic carbocycles. The molecule has 0 aliphatic carbocycles. The molecule has 1 saturated heterocycles. The minimum atomic E-state index is -0.0594. The largest absolute Gasteiger partial charge is 0.497 e. The van der Waals surface area contributed by atoms with Crippen molar-refractivity contribution in [1.82, 2.24) is 10.2 Å². The van der Waals surface area contributed by atoms with Crippen LogP contribution in [-0.4, -0.2) is 56.5 Å². The molecule has 0 atom stereocenters. The standard InChI is InChI=1S/C17H25N3O3/c1-3-5-16(21)18-13-17(22)20-10-8-19(9-11-20)14-6-4-7-15(12-14)23-2/h4,6-7,12H,3,5,8-11,13H2,1-2H3,(H,18,21). The van der Waals surface area contributed by atoms with Crippen LogP contribution < -0.4 is 15.0 Å². The highest BCUT2D eigenvalue weighted by atomic mass is 16.5. The summed E-state index contributed by atoms with van der Waals surface area (Å²) in [5.41, 5.74) is 1.10. The molecule has 2 rings (SSSR count). The van der Waals surface area contributed by atoms with Gasteiger partial charge in [0.25, 0.3) is 0 Å². The Morgan fingerprint density at radius 3 is 2.61 bits per heavy atom. The maximum Gasteiger partial charge on any atom is 0.242 e. The van der Waals surface area contributed by atoms with Gasteiger partial charge < -0.3 is 19.9 Å². The van der Waals surface area contributed by atoms with Crippen molar-refractivity contribution in [2.75, 3.05) is 44.7 Å². The predicted octanol–water partition coefficient (Wildman–Crippen LogP) is 1.26. The summed E-state index contributed by atoms with van der Waals surface area (Å²) in [6, 6.07) is 7.94. The zero-order valence-corrected chi connectivity index (χ0v) is 13.9. The van der Waals surface area contributed by atoms with E-state index >= 15 is 0 Å². The van der Waals surface area contributed by atoms with Crippen molar-refractivity contribution < 1.29 is 14.3 Å². The van der Waals surface area contributed by atoms with Crippen molar-refractivity contribution >= 4 is 17.5 Å². The second kappa shape index (κ2) is 8.41. The lowest BCUT2D eigenvalue weighted by Crippen LogP contribution is -2.51. The van der Waals surface area contributed by atoms with E-state index in [1.165, 1.54) is 0 Å². The number of hydrogen-bond acceptors (Lipinski definition) is 4. The first-order valence-electron chi connectivity index (χ1n) is 8.07. The van der Waals surface area contributed by atoms with Crippen LogP contribution in [0.25, 0.3) is 0 Å². The Labute approximate surface area is 137 Å². The van der Waals surface area contributed by atoms with Crippen LogP contribution in [0.5, 0.6) is 5.75 Å². The summed E-state index contributed by atoms with van der Waals surface area (Å²) in [5.74, 6) is 0.759. The van der Waals surface area contributed by atoms with Gasteiger partial charge in [-0.2, -0.15) is 0 Å². The molecule has 1 heterocycles. The van der Waals surface area contributed by atoms with Gasteiger partial charge in [-0.05, 0) is 18.6 Å². The minimum absolute atomic E-state index is 0.0141. The SMILES string of the molecule is CCCC(=O)NCC(=O)N1CCN(c2cccc(OC)c2)CC1. The number of nitrogens with one attached hydrogen (secondary N) is 1. The molecule has 2 amide bonds. The molecule has 1 aliphatic heterocycles. The summed E-state index contributed by atoms with van der Waals surface area (Å²) in [5, 5.41) is 2.68. The second-order valence-corrected chi connectivity index (χ2v) is 5.60. The van der Waals surface area contributed by atoms with Crippen LogP contribution in [0.1, 0.15) is 19.8 Å². The highest BCUT2D eigenvalue weighted by molar-refractivity contribution is 5.84. The van der Waals surface area contributed by atoms with Gasteiger partial charge in [-0.3, -0.25) is 9.59 Å². The first kappa shape index (κ1) is 17.1. The van der Waals surface area contributed by atoms with Gasteiger partial charge in [0.15, 0.2) is 0 Å². The van der Waals surface area contributed by atoms with Gasteiger partial charge >= 0.3 is 0 Å². The average molecular weight is 319 g/mol. The summed E-state index contributed by atoms with van der Waals surface area (Å²) >= 11 is 0. The van der Waals surface area contributed by atoms with Crippen molar-refractivity contribution in [1.29, 1.82) is 0 Å². The molecule has 0 saturated carbocycles. The lowest BCUT2D eigenvalue weighted by atomic mass is 10.2. The lowest BCUT2D eigenvalue weighted by Gasteiger charge is -2.36. The normalized spacial score (nSPS) is 14.5. The van der Waals surface area contributed by atoms with Crippen LogP contribution in [0.3, 0.4) is 0 Å². The van der Waals surface area contributed by atoms with Crippen molar-refractivity contribution in [3.05, 3.63) is 24.3 Å². The fourth-order valence-corrected chi connectivity index (χ4v) is 2.62. The van der Waals surface area contributed by atoms with Gasteiger partial charge in [-0.15, -0.1) is 0 Å². The average Bonchev–Trinajstić information content (AvgIpc) is 2.60. The number of benzene rings is 1. The van der Waals surface area contributed by atoms with E-state index in [4.69, 9.17) is 4.74 Å². The fourth-order valence-electron chi connectivity index (χ4n) is 2.62. The van der Waals surface area contributed by atoms with Crippen LogP contribution in [0, 0.1) is 0 Å². The third-order valence-corrected chi connectivity index (χ3v) is 3.96. The number of anilines is 1. The molecule has 23 heavy (non-hydrogen) atoms. The van der Waals surface area contributed by atoms with Crippen LogP contribution in [0.4, 0.5) is 5.69 Å². The Bertz CT molecular complexity index is 540. The number of hydrogen-bond donors (Lipinski definition) is 1. The third-order valence-electron chi connectivity index (χ3n) is 3.96. The molecule has 1 N–H and O–H groups in total. The maximum atomic E-state index is 12.1. The highest BCUT2D eigenvalue weighted by Gasteiger charge is 2.21. The van der Waals surface area contributed by atoms with E-state index in [0.717, 1.165) is 30.9 Å². The topological polar surface area (TPSA) is 61.9 Å². The van der Waals surface area contributed by atoms with Crippen molar-refractivity contribution in [3.63, 3.8) is 0 Å². The van der Waals surface area contributed by atoms with Crippen LogP contribution in [0.15, 0.2) is 24.3 Å². The summed E-state index contributed by atoms with van der Waals surface area (Å²) in [6.45, 7) is 4.93. The van der Waals surface area contributed by atoms with E-state index in [1.807, 2.05) is 36.1 Å². The number of carbonyl (C=O) groups excluding carboxylic acids is 2. The van der Waals surface area contributed by atoms with Gasteiger partial charge in [0.2, 0.25) is 11.8 Å². The minimum Gasteiger partial charge on any atom is -0.497 e. The Balaban J connectivity index is 1.81. The molecule has 0 bridgehead atoms. The molecular formula is C17H25N3O3. The van der Waals surface area contributed by atoms with Crippen LogP contribution in [0.2, 0.25) is 0 Å². The van der Waals surface area contributed by atoms with Crippen molar-refractivity contribution in [2.24, 2.45) is 0 Å². The van der Waals surface area contributed by atoms with Crippen molar-refractivity contribution in [2.45, 2.75) is 19.8 Å².